The first-order valence-electron chi connectivity index (χ1n) is 6.10. The van der Waals surface area contributed by atoms with Crippen molar-refractivity contribution < 1.29 is 9.59 Å². The highest BCUT2D eigenvalue weighted by Gasteiger charge is 2.10. The monoisotopic (exact) mass is 304 g/mol. The Labute approximate surface area is 126 Å². The maximum atomic E-state index is 12.1. The fourth-order valence-corrected chi connectivity index (χ4v) is 1.83. The maximum Gasteiger partial charge on any atom is 0.255 e. The number of benzene rings is 1. The molecular weight excluding hydrogens is 292 g/mol. The van der Waals surface area contributed by atoms with Crippen LogP contribution in [0.4, 0.5) is 11.5 Å². The second kappa shape index (κ2) is 6.71. The van der Waals surface area contributed by atoms with Gasteiger partial charge >= 0.3 is 0 Å². The van der Waals surface area contributed by atoms with E-state index in [-0.39, 0.29) is 12.5 Å². The van der Waals surface area contributed by atoms with Gasteiger partial charge in [0.15, 0.2) is 0 Å². The highest BCUT2D eigenvalue weighted by molar-refractivity contribution is 6.31. The molecule has 0 saturated carbocycles. The molecule has 0 aliphatic rings. The van der Waals surface area contributed by atoms with Crippen molar-refractivity contribution in [3.63, 3.8) is 0 Å². The molecule has 21 heavy (non-hydrogen) atoms. The van der Waals surface area contributed by atoms with Gasteiger partial charge in [-0.25, -0.2) is 4.98 Å². The number of carbonyl (C=O) groups is 2. The van der Waals surface area contributed by atoms with Crippen LogP contribution < -0.4 is 16.4 Å². The Balaban J connectivity index is 2.15. The molecule has 7 heteroatoms. The summed E-state index contributed by atoms with van der Waals surface area (Å²) in [4.78, 5) is 27.0. The number of hydrogen-bond acceptors (Lipinski definition) is 4. The number of nitrogens with one attached hydrogen (secondary N) is 2. The number of pyridine rings is 1. The van der Waals surface area contributed by atoms with Crippen molar-refractivity contribution in [2.45, 2.75) is 0 Å². The fraction of sp³-hybridized carbons (Fsp3) is 0.0714. The zero-order valence-electron chi connectivity index (χ0n) is 11.0. The summed E-state index contributed by atoms with van der Waals surface area (Å²) in [7, 11) is 0. The number of aromatic nitrogens is 1. The number of primary amides is 1. The Hall–Kier alpha value is -2.60. The number of nitrogens with two attached hydrogens (primary N) is 1. The third-order valence-electron chi connectivity index (χ3n) is 2.57. The summed E-state index contributed by atoms with van der Waals surface area (Å²) >= 11 is 5.85. The zero-order chi connectivity index (χ0) is 15.2. The molecule has 1 aromatic heterocycles. The highest BCUT2D eigenvalue weighted by atomic mass is 35.5. The van der Waals surface area contributed by atoms with Crippen molar-refractivity contribution in [3.8, 4) is 0 Å². The topological polar surface area (TPSA) is 97.1 Å². The number of rotatable bonds is 5. The zero-order valence-corrected chi connectivity index (χ0v) is 11.7. The van der Waals surface area contributed by atoms with E-state index >= 15 is 0 Å². The standard InChI is InChI=1S/C14H13ClN4O2/c15-10-4-1-3-9(7-10)14(21)19-11-5-2-6-17-13(11)18-8-12(16)20/h1-7H,8H2,(H2,16,20)(H,17,18)(H,19,21). The Morgan fingerprint density at radius 3 is 2.76 bits per heavy atom. The predicted octanol–water partition coefficient (Wildman–Crippen LogP) is 1.88. The molecule has 6 nitrogen and oxygen atoms in total. The second-order valence-electron chi connectivity index (χ2n) is 4.18. The van der Waals surface area contributed by atoms with Gasteiger partial charge in [0.05, 0.1) is 12.2 Å². The van der Waals surface area contributed by atoms with Gasteiger partial charge < -0.3 is 16.4 Å². The second-order valence-corrected chi connectivity index (χ2v) is 4.62. The van der Waals surface area contributed by atoms with Crippen molar-refractivity contribution in [3.05, 3.63) is 53.2 Å². The van der Waals surface area contributed by atoms with E-state index in [0.29, 0.717) is 22.1 Å². The van der Waals surface area contributed by atoms with Crippen LogP contribution in [0.15, 0.2) is 42.6 Å². The van der Waals surface area contributed by atoms with Gasteiger partial charge in [0.1, 0.15) is 5.82 Å². The van der Waals surface area contributed by atoms with Gasteiger partial charge in [-0.2, -0.15) is 0 Å². The number of halogens is 1. The van der Waals surface area contributed by atoms with Crippen LogP contribution in [0, 0.1) is 0 Å². The molecule has 2 aromatic rings. The molecule has 0 atom stereocenters. The van der Waals surface area contributed by atoms with E-state index < -0.39 is 5.91 Å². The summed E-state index contributed by atoms with van der Waals surface area (Å²) in [5.41, 5.74) is 5.94. The Kier molecular flexibility index (Phi) is 4.73. The lowest BCUT2D eigenvalue weighted by Gasteiger charge is -2.11. The molecule has 108 valence electrons. The molecule has 0 radical (unpaired) electrons. The molecule has 4 N–H and O–H groups in total. The third kappa shape index (κ3) is 4.19. The number of nitrogens with zero attached hydrogens (tertiary/aromatic N) is 1. The molecule has 0 aliphatic heterocycles. The molecule has 0 fully saturated rings. The first kappa shape index (κ1) is 14.8. The molecule has 1 heterocycles. The Morgan fingerprint density at radius 2 is 2.05 bits per heavy atom. The van der Waals surface area contributed by atoms with Crippen molar-refractivity contribution in [1.29, 1.82) is 0 Å². The lowest BCUT2D eigenvalue weighted by Crippen LogP contribution is -2.23. The van der Waals surface area contributed by atoms with Gasteiger partial charge in [0.25, 0.3) is 5.91 Å². The molecule has 0 aliphatic carbocycles. The van der Waals surface area contributed by atoms with E-state index in [1.54, 1.807) is 42.6 Å². The van der Waals surface area contributed by atoms with E-state index in [1.807, 2.05) is 0 Å². The Bertz CT molecular complexity index is 676. The van der Waals surface area contributed by atoms with Gasteiger partial charge in [-0.05, 0) is 30.3 Å². The summed E-state index contributed by atoms with van der Waals surface area (Å²) in [5.74, 6) is -0.480. The van der Waals surface area contributed by atoms with Crippen LogP contribution in [0.5, 0.6) is 0 Å². The predicted molar refractivity (Wildman–Crippen MR) is 81.3 cm³/mol. The number of hydrogen-bond donors (Lipinski definition) is 3. The van der Waals surface area contributed by atoms with Crippen molar-refractivity contribution in [1.82, 2.24) is 4.98 Å². The maximum absolute atomic E-state index is 12.1. The highest BCUT2D eigenvalue weighted by Crippen LogP contribution is 2.19. The van der Waals surface area contributed by atoms with Gasteiger partial charge in [-0.3, -0.25) is 9.59 Å². The first-order chi connectivity index (χ1) is 10.1. The average molecular weight is 305 g/mol. The van der Waals surface area contributed by atoms with Gasteiger partial charge in [0.2, 0.25) is 5.91 Å². The quantitative estimate of drug-likeness (QED) is 0.785. The van der Waals surface area contributed by atoms with E-state index in [2.05, 4.69) is 15.6 Å². The third-order valence-corrected chi connectivity index (χ3v) is 2.81. The molecule has 0 saturated heterocycles. The summed E-state index contributed by atoms with van der Waals surface area (Å²) in [5, 5.41) is 5.93. The minimum absolute atomic E-state index is 0.0724. The lowest BCUT2D eigenvalue weighted by molar-refractivity contribution is -0.116. The molecule has 2 rings (SSSR count). The molecule has 0 bridgehead atoms. The summed E-state index contributed by atoms with van der Waals surface area (Å²) < 4.78 is 0. The van der Waals surface area contributed by atoms with Gasteiger partial charge in [-0.15, -0.1) is 0 Å². The van der Waals surface area contributed by atoms with Crippen molar-refractivity contribution in [2.75, 3.05) is 17.2 Å². The summed E-state index contributed by atoms with van der Waals surface area (Å²) in [6.45, 7) is -0.0724. The number of anilines is 2. The Morgan fingerprint density at radius 1 is 1.24 bits per heavy atom. The van der Waals surface area contributed by atoms with Crippen molar-refractivity contribution in [2.24, 2.45) is 5.73 Å². The summed E-state index contributed by atoms with van der Waals surface area (Å²) in [6.07, 6.45) is 1.54. The van der Waals surface area contributed by atoms with Crippen molar-refractivity contribution >= 4 is 34.9 Å². The van der Waals surface area contributed by atoms with Gasteiger partial charge in [-0.1, -0.05) is 17.7 Å². The molecule has 0 spiro atoms. The first-order valence-corrected chi connectivity index (χ1v) is 6.48. The SMILES string of the molecule is NC(=O)CNc1ncccc1NC(=O)c1cccc(Cl)c1. The van der Waals surface area contributed by atoms with Crippen LogP contribution >= 0.6 is 11.6 Å². The van der Waals surface area contributed by atoms with Crippen LogP contribution in [0.3, 0.4) is 0 Å². The van der Waals surface area contributed by atoms with E-state index in [4.69, 9.17) is 17.3 Å². The minimum atomic E-state index is -0.521. The largest absolute Gasteiger partial charge is 0.368 e. The smallest absolute Gasteiger partial charge is 0.255 e. The van der Waals surface area contributed by atoms with E-state index in [0.717, 1.165) is 0 Å². The van der Waals surface area contributed by atoms with E-state index in [9.17, 15) is 9.59 Å². The molecule has 1 aromatic carbocycles. The molecular formula is C14H13ClN4O2. The fourth-order valence-electron chi connectivity index (χ4n) is 1.64. The average Bonchev–Trinajstić information content (AvgIpc) is 2.46. The number of amides is 2. The summed E-state index contributed by atoms with van der Waals surface area (Å²) in [6, 6.07) is 9.91. The van der Waals surface area contributed by atoms with Crippen LogP contribution in [-0.2, 0) is 4.79 Å². The van der Waals surface area contributed by atoms with Crippen LogP contribution in [0.2, 0.25) is 5.02 Å². The molecule has 0 unspecified atom stereocenters. The van der Waals surface area contributed by atoms with Gasteiger partial charge in [0, 0.05) is 16.8 Å². The van der Waals surface area contributed by atoms with E-state index in [1.165, 1.54) is 0 Å². The normalized spacial score (nSPS) is 9.95. The van der Waals surface area contributed by atoms with Crippen LogP contribution in [0.25, 0.3) is 0 Å². The van der Waals surface area contributed by atoms with Crippen LogP contribution in [-0.4, -0.2) is 23.3 Å². The number of carbonyl (C=O) groups excluding carboxylic acids is 2. The molecule has 2 amide bonds. The lowest BCUT2D eigenvalue weighted by atomic mass is 10.2. The minimum Gasteiger partial charge on any atom is -0.368 e. The van der Waals surface area contributed by atoms with Crippen LogP contribution in [0.1, 0.15) is 10.4 Å².